The summed E-state index contributed by atoms with van der Waals surface area (Å²) in [4.78, 5) is 14.7. The van der Waals surface area contributed by atoms with Gasteiger partial charge in [-0.2, -0.15) is 0 Å². The lowest BCUT2D eigenvalue weighted by Crippen LogP contribution is -2.48. The summed E-state index contributed by atoms with van der Waals surface area (Å²) >= 11 is 0. The maximum absolute atomic E-state index is 12.7. The van der Waals surface area contributed by atoms with E-state index in [4.69, 9.17) is 0 Å². The highest BCUT2D eigenvalue weighted by atomic mass is 16.2. The second-order valence-electron chi connectivity index (χ2n) is 6.85. The van der Waals surface area contributed by atoms with Crippen LogP contribution >= 0.6 is 0 Å². The zero-order valence-corrected chi connectivity index (χ0v) is 12.2. The van der Waals surface area contributed by atoms with E-state index in [0.29, 0.717) is 18.0 Å². The van der Waals surface area contributed by atoms with Gasteiger partial charge < -0.3 is 10.2 Å². The summed E-state index contributed by atoms with van der Waals surface area (Å²) < 4.78 is 0. The van der Waals surface area contributed by atoms with Gasteiger partial charge in [-0.3, -0.25) is 4.79 Å². The van der Waals surface area contributed by atoms with Crippen LogP contribution in [0.1, 0.15) is 64.2 Å². The number of fused-ring (bicyclic) bond motifs is 1. The molecule has 0 bridgehead atoms. The molecule has 0 aromatic heterocycles. The van der Waals surface area contributed by atoms with Gasteiger partial charge in [0.05, 0.1) is 6.04 Å². The zero-order valence-electron chi connectivity index (χ0n) is 12.2. The minimum Gasteiger partial charge on any atom is -0.341 e. The summed E-state index contributed by atoms with van der Waals surface area (Å²) in [6, 6.07) is 1.24. The minimum absolute atomic E-state index is 0.111. The van der Waals surface area contributed by atoms with Crippen LogP contribution in [0.2, 0.25) is 0 Å². The maximum Gasteiger partial charge on any atom is 0.239 e. The van der Waals surface area contributed by atoms with Crippen molar-refractivity contribution in [2.75, 3.05) is 7.05 Å². The number of nitrogens with one attached hydrogen (secondary N) is 1. The van der Waals surface area contributed by atoms with Crippen molar-refractivity contribution in [1.82, 2.24) is 10.2 Å². The van der Waals surface area contributed by atoms with Gasteiger partial charge in [0.2, 0.25) is 5.91 Å². The summed E-state index contributed by atoms with van der Waals surface area (Å²) in [5.41, 5.74) is 0. The highest BCUT2D eigenvalue weighted by Crippen LogP contribution is 2.34. The highest BCUT2D eigenvalue weighted by Gasteiger charge is 2.40. The Kier molecular flexibility index (Phi) is 4.11. The van der Waals surface area contributed by atoms with E-state index in [1.165, 1.54) is 57.8 Å². The molecule has 0 aromatic carbocycles. The van der Waals surface area contributed by atoms with Crippen LogP contribution in [-0.2, 0) is 4.79 Å². The second kappa shape index (κ2) is 5.82. The minimum atomic E-state index is 0.111. The van der Waals surface area contributed by atoms with Crippen molar-refractivity contribution in [3.63, 3.8) is 0 Å². The SMILES string of the molecule is CN(C(=O)C1CC2CCCCC2N1)C1CCCCC1. The van der Waals surface area contributed by atoms with Crippen molar-refractivity contribution in [3.05, 3.63) is 0 Å². The molecule has 1 heterocycles. The van der Waals surface area contributed by atoms with Crippen molar-refractivity contribution in [2.45, 2.75) is 82.3 Å². The van der Waals surface area contributed by atoms with Crippen LogP contribution in [0, 0.1) is 5.92 Å². The number of carbonyl (C=O) groups excluding carboxylic acids is 1. The van der Waals surface area contributed by atoms with Gasteiger partial charge in [0, 0.05) is 19.1 Å². The number of nitrogens with zero attached hydrogens (tertiary/aromatic N) is 1. The topological polar surface area (TPSA) is 32.3 Å². The molecule has 1 N–H and O–H groups in total. The normalized spacial score (nSPS) is 35.9. The Morgan fingerprint density at radius 1 is 1.00 bits per heavy atom. The van der Waals surface area contributed by atoms with E-state index >= 15 is 0 Å². The Labute approximate surface area is 117 Å². The molecule has 1 saturated heterocycles. The molecule has 3 aliphatic rings. The summed E-state index contributed by atoms with van der Waals surface area (Å²) in [5, 5.41) is 3.62. The Balaban J connectivity index is 1.57. The average Bonchev–Trinajstić information content (AvgIpc) is 2.90. The molecule has 2 aliphatic carbocycles. The van der Waals surface area contributed by atoms with Crippen LogP contribution in [0.4, 0.5) is 0 Å². The molecule has 3 unspecified atom stereocenters. The van der Waals surface area contributed by atoms with Gasteiger partial charge in [-0.15, -0.1) is 0 Å². The van der Waals surface area contributed by atoms with Gasteiger partial charge in [0.1, 0.15) is 0 Å². The fraction of sp³-hybridized carbons (Fsp3) is 0.938. The smallest absolute Gasteiger partial charge is 0.239 e. The summed E-state index contributed by atoms with van der Waals surface area (Å²) in [7, 11) is 2.03. The van der Waals surface area contributed by atoms with Crippen LogP contribution in [0.5, 0.6) is 0 Å². The molecule has 0 spiro atoms. The Morgan fingerprint density at radius 3 is 2.42 bits per heavy atom. The first kappa shape index (κ1) is 13.4. The molecule has 1 aliphatic heterocycles. The number of hydrogen-bond acceptors (Lipinski definition) is 2. The lowest BCUT2D eigenvalue weighted by atomic mass is 9.85. The van der Waals surface area contributed by atoms with Crippen LogP contribution < -0.4 is 5.32 Å². The number of likely N-dealkylation sites (N-methyl/N-ethyl adjacent to an activating group) is 1. The van der Waals surface area contributed by atoms with E-state index in [2.05, 4.69) is 10.2 Å². The van der Waals surface area contributed by atoms with Crippen molar-refractivity contribution in [3.8, 4) is 0 Å². The van der Waals surface area contributed by atoms with Gasteiger partial charge in [-0.1, -0.05) is 32.1 Å². The standard InChI is InChI=1S/C16H28N2O/c1-18(13-8-3-2-4-9-13)16(19)15-11-12-7-5-6-10-14(12)17-15/h12-15,17H,2-11H2,1H3. The molecular formula is C16H28N2O. The highest BCUT2D eigenvalue weighted by molar-refractivity contribution is 5.82. The molecule has 19 heavy (non-hydrogen) atoms. The zero-order chi connectivity index (χ0) is 13.2. The molecule has 108 valence electrons. The van der Waals surface area contributed by atoms with Gasteiger partial charge in [0.25, 0.3) is 0 Å². The first-order chi connectivity index (χ1) is 9.25. The predicted molar refractivity (Wildman–Crippen MR) is 76.9 cm³/mol. The third-order valence-electron chi connectivity index (χ3n) is 5.63. The fourth-order valence-corrected chi connectivity index (χ4v) is 4.40. The molecule has 3 fully saturated rings. The fourth-order valence-electron chi connectivity index (χ4n) is 4.40. The summed E-state index contributed by atoms with van der Waals surface area (Å²) in [6.07, 6.45) is 12.8. The molecule has 0 aromatic rings. The molecule has 0 radical (unpaired) electrons. The van der Waals surface area contributed by atoms with Crippen LogP contribution in [0.25, 0.3) is 0 Å². The Bertz CT molecular complexity index is 311. The monoisotopic (exact) mass is 264 g/mol. The maximum atomic E-state index is 12.7. The third kappa shape index (κ3) is 2.81. The third-order valence-corrected chi connectivity index (χ3v) is 5.63. The number of rotatable bonds is 2. The van der Waals surface area contributed by atoms with Crippen molar-refractivity contribution in [2.24, 2.45) is 5.92 Å². The van der Waals surface area contributed by atoms with E-state index in [1.807, 2.05) is 7.05 Å². The Morgan fingerprint density at radius 2 is 1.68 bits per heavy atom. The first-order valence-corrected chi connectivity index (χ1v) is 8.28. The quantitative estimate of drug-likeness (QED) is 0.831. The van der Waals surface area contributed by atoms with Crippen molar-refractivity contribution >= 4 is 5.91 Å². The molecule has 1 amide bonds. The van der Waals surface area contributed by atoms with E-state index in [9.17, 15) is 4.79 Å². The van der Waals surface area contributed by atoms with Crippen LogP contribution in [0.15, 0.2) is 0 Å². The van der Waals surface area contributed by atoms with Crippen LogP contribution in [0.3, 0.4) is 0 Å². The Hall–Kier alpha value is -0.570. The first-order valence-electron chi connectivity index (χ1n) is 8.28. The van der Waals surface area contributed by atoms with Gasteiger partial charge in [0.15, 0.2) is 0 Å². The van der Waals surface area contributed by atoms with Gasteiger partial charge in [-0.25, -0.2) is 0 Å². The van der Waals surface area contributed by atoms with E-state index < -0.39 is 0 Å². The summed E-state index contributed by atoms with van der Waals surface area (Å²) in [5.74, 6) is 1.13. The van der Waals surface area contributed by atoms with Gasteiger partial charge in [-0.05, 0) is 38.0 Å². The molecule has 3 nitrogen and oxygen atoms in total. The number of hydrogen-bond donors (Lipinski definition) is 1. The number of carbonyl (C=O) groups is 1. The lowest BCUT2D eigenvalue weighted by Gasteiger charge is -2.33. The van der Waals surface area contributed by atoms with E-state index in [1.54, 1.807) is 0 Å². The molecular weight excluding hydrogens is 236 g/mol. The van der Waals surface area contributed by atoms with E-state index in [0.717, 1.165) is 12.3 Å². The molecule has 3 atom stereocenters. The van der Waals surface area contributed by atoms with Crippen molar-refractivity contribution < 1.29 is 4.79 Å². The predicted octanol–water partition coefficient (Wildman–Crippen LogP) is 2.70. The lowest BCUT2D eigenvalue weighted by molar-refractivity contribution is -0.134. The number of amides is 1. The largest absolute Gasteiger partial charge is 0.341 e. The average molecular weight is 264 g/mol. The molecule has 3 heteroatoms. The molecule has 2 saturated carbocycles. The van der Waals surface area contributed by atoms with Gasteiger partial charge >= 0.3 is 0 Å². The van der Waals surface area contributed by atoms with Crippen molar-refractivity contribution in [1.29, 1.82) is 0 Å². The summed E-state index contributed by atoms with van der Waals surface area (Å²) in [6.45, 7) is 0. The second-order valence-corrected chi connectivity index (χ2v) is 6.85. The van der Waals surface area contributed by atoms with Crippen LogP contribution in [-0.4, -0.2) is 36.0 Å². The molecule has 3 rings (SSSR count). The van der Waals surface area contributed by atoms with E-state index in [-0.39, 0.29) is 6.04 Å².